The molecule has 1 aliphatic heterocycles. The van der Waals surface area contributed by atoms with E-state index in [-0.39, 0.29) is 11.7 Å². The molecule has 1 N–H and O–H groups in total. The second-order valence-electron chi connectivity index (χ2n) is 6.00. The van der Waals surface area contributed by atoms with Crippen LogP contribution < -0.4 is 5.32 Å². The molecule has 2 heterocycles. The van der Waals surface area contributed by atoms with Gasteiger partial charge in [0, 0.05) is 25.5 Å². The molecule has 1 aliphatic rings. The summed E-state index contributed by atoms with van der Waals surface area (Å²) in [5.74, 6) is 0.360. The number of carbonyl (C=O) groups excluding carboxylic acids is 1. The van der Waals surface area contributed by atoms with Crippen LogP contribution >= 0.6 is 0 Å². The average Bonchev–Trinajstić information content (AvgIpc) is 3.22. The molecule has 0 saturated carbocycles. The van der Waals surface area contributed by atoms with Crippen molar-refractivity contribution in [1.82, 2.24) is 25.5 Å². The molecule has 128 valence electrons. The van der Waals surface area contributed by atoms with E-state index in [0.717, 1.165) is 13.0 Å². The number of hydrogen-bond acceptors (Lipinski definition) is 5. The minimum Gasteiger partial charge on any atom is -0.381 e. The number of tetrazole rings is 1. The van der Waals surface area contributed by atoms with Crippen LogP contribution in [0.25, 0.3) is 0 Å². The molecule has 1 aromatic heterocycles. The zero-order valence-electron chi connectivity index (χ0n) is 13.5. The third kappa shape index (κ3) is 3.94. The molecular formula is C16H20FN5O2. The molecular weight excluding hydrogens is 313 g/mol. The molecule has 3 rings (SSSR count). The van der Waals surface area contributed by atoms with E-state index in [9.17, 15) is 9.18 Å². The molecule has 24 heavy (non-hydrogen) atoms. The third-order valence-electron chi connectivity index (χ3n) is 4.16. The summed E-state index contributed by atoms with van der Waals surface area (Å²) < 4.78 is 20.2. The summed E-state index contributed by atoms with van der Waals surface area (Å²) in [5, 5.41) is 14.3. The molecule has 0 unspecified atom stereocenters. The predicted molar refractivity (Wildman–Crippen MR) is 83.6 cm³/mol. The Balaban J connectivity index is 1.74. The quantitative estimate of drug-likeness (QED) is 0.855. The van der Waals surface area contributed by atoms with Gasteiger partial charge in [-0.15, -0.1) is 5.10 Å². The first-order valence-electron chi connectivity index (χ1n) is 7.98. The molecule has 2 atom stereocenters. The Morgan fingerprint density at radius 2 is 2.42 bits per heavy atom. The highest BCUT2D eigenvalue weighted by Crippen LogP contribution is 2.17. The number of nitrogens with zero attached hydrogens (tertiary/aromatic N) is 4. The van der Waals surface area contributed by atoms with Crippen LogP contribution in [0, 0.1) is 18.7 Å². The second-order valence-corrected chi connectivity index (χ2v) is 6.00. The third-order valence-corrected chi connectivity index (χ3v) is 4.16. The number of rotatable bonds is 6. The van der Waals surface area contributed by atoms with Crippen LogP contribution in [0.1, 0.15) is 23.9 Å². The van der Waals surface area contributed by atoms with Crippen LogP contribution in [0.15, 0.2) is 24.3 Å². The van der Waals surface area contributed by atoms with Crippen molar-refractivity contribution in [3.05, 3.63) is 41.5 Å². The van der Waals surface area contributed by atoms with Gasteiger partial charge in [-0.3, -0.25) is 4.79 Å². The van der Waals surface area contributed by atoms with Crippen molar-refractivity contribution in [2.45, 2.75) is 25.8 Å². The Labute approximate surface area is 139 Å². The highest BCUT2D eigenvalue weighted by atomic mass is 19.1. The monoisotopic (exact) mass is 333 g/mol. The normalized spacial score (nSPS) is 18.5. The Morgan fingerprint density at radius 3 is 3.08 bits per heavy atom. The van der Waals surface area contributed by atoms with Crippen LogP contribution in [0.4, 0.5) is 4.39 Å². The highest BCUT2D eigenvalue weighted by molar-refractivity contribution is 5.80. The Morgan fingerprint density at radius 1 is 1.54 bits per heavy atom. The summed E-state index contributed by atoms with van der Waals surface area (Å²) >= 11 is 0. The summed E-state index contributed by atoms with van der Waals surface area (Å²) in [5.41, 5.74) is 0.717. The summed E-state index contributed by atoms with van der Waals surface area (Å²) in [4.78, 5) is 12.7. The van der Waals surface area contributed by atoms with Gasteiger partial charge in [0.05, 0.1) is 6.61 Å². The average molecular weight is 333 g/mol. The van der Waals surface area contributed by atoms with Gasteiger partial charge in [-0.05, 0) is 41.5 Å². The number of ether oxygens (including phenoxy) is 1. The highest BCUT2D eigenvalue weighted by Gasteiger charge is 2.25. The zero-order chi connectivity index (χ0) is 16.9. The molecule has 1 fully saturated rings. The maximum absolute atomic E-state index is 13.4. The van der Waals surface area contributed by atoms with Crippen molar-refractivity contribution >= 4 is 5.91 Å². The van der Waals surface area contributed by atoms with E-state index >= 15 is 0 Å². The molecule has 1 saturated heterocycles. The Bertz CT molecular complexity index is 699. The zero-order valence-corrected chi connectivity index (χ0v) is 13.5. The topological polar surface area (TPSA) is 81.9 Å². The van der Waals surface area contributed by atoms with Crippen LogP contribution in [0.5, 0.6) is 0 Å². The van der Waals surface area contributed by atoms with Crippen molar-refractivity contribution in [2.75, 3.05) is 19.8 Å². The van der Waals surface area contributed by atoms with Crippen LogP contribution in [-0.2, 0) is 16.0 Å². The molecule has 7 nitrogen and oxygen atoms in total. The fourth-order valence-corrected chi connectivity index (χ4v) is 2.81. The van der Waals surface area contributed by atoms with E-state index < -0.39 is 6.04 Å². The molecule has 8 heteroatoms. The van der Waals surface area contributed by atoms with E-state index in [2.05, 4.69) is 20.8 Å². The van der Waals surface area contributed by atoms with Crippen molar-refractivity contribution in [1.29, 1.82) is 0 Å². The van der Waals surface area contributed by atoms with Crippen LogP contribution in [-0.4, -0.2) is 45.9 Å². The molecule has 1 amide bonds. The van der Waals surface area contributed by atoms with E-state index in [1.165, 1.54) is 16.8 Å². The number of aryl methyl sites for hydroxylation is 1. The first-order valence-corrected chi connectivity index (χ1v) is 7.98. The van der Waals surface area contributed by atoms with Crippen LogP contribution in [0.2, 0.25) is 0 Å². The largest absolute Gasteiger partial charge is 0.381 e. The Hall–Kier alpha value is -2.35. The van der Waals surface area contributed by atoms with Gasteiger partial charge < -0.3 is 10.1 Å². The first-order chi connectivity index (χ1) is 11.6. The number of nitrogens with one attached hydrogen (secondary N) is 1. The maximum Gasteiger partial charge on any atom is 0.245 e. The van der Waals surface area contributed by atoms with E-state index in [1.807, 2.05) is 0 Å². The van der Waals surface area contributed by atoms with Crippen molar-refractivity contribution in [2.24, 2.45) is 5.92 Å². The van der Waals surface area contributed by atoms with Gasteiger partial charge in [0.2, 0.25) is 5.91 Å². The second kappa shape index (κ2) is 7.48. The van der Waals surface area contributed by atoms with E-state index in [4.69, 9.17) is 4.74 Å². The van der Waals surface area contributed by atoms with Crippen molar-refractivity contribution in [3.8, 4) is 0 Å². The lowest BCUT2D eigenvalue weighted by molar-refractivity contribution is -0.124. The van der Waals surface area contributed by atoms with Crippen molar-refractivity contribution in [3.63, 3.8) is 0 Å². The lowest BCUT2D eigenvalue weighted by Crippen LogP contribution is -2.37. The summed E-state index contributed by atoms with van der Waals surface area (Å²) in [6, 6.07) is 5.59. The molecule has 0 bridgehead atoms. The number of benzene rings is 1. The van der Waals surface area contributed by atoms with Crippen molar-refractivity contribution < 1.29 is 13.9 Å². The summed E-state index contributed by atoms with van der Waals surface area (Å²) in [7, 11) is 0. The minimum absolute atomic E-state index is 0.179. The fraction of sp³-hybridized carbons (Fsp3) is 0.500. The molecule has 0 radical (unpaired) electrons. The SMILES string of the molecule is Cc1nnnn1[C@H](Cc1cccc(F)c1)C(=O)NC[C@H]1CCOC1. The van der Waals surface area contributed by atoms with Gasteiger partial charge in [0.25, 0.3) is 0 Å². The minimum atomic E-state index is -0.621. The number of hydrogen-bond donors (Lipinski definition) is 1. The molecule has 0 spiro atoms. The molecule has 2 aromatic rings. The maximum atomic E-state index is 13.4. The lowest BCUT2D eigenvalue weighted by atomic mass is 10.0. The Kier molecular flexibility index (Phi) is 5.14. The number of amides is 1. The van der Waals surface area contributed by atoms with Gasteiger partial charge >= 0.3 is 0 Å². The standard InChI is InChI=1S/C16H20FN5O2/c1-11-19-20-21-22(11)15(8-12-3-2-4-14(17)7-12)16(23)18-9-13-5-6-24-10-13/h2-4,7,13,15H,5-6,8-10H2,1H3,(H,18,23)/t13-,15-/m1/s1. The first kappa shape index (κ1) is 16.5. The van der Waals surface area contributed by atoms with Gasteiger partial charge in [-0.25, -0.2) is 9.07 Å². The summed E-state index contributed by atoms with van der Waals surface area (Å²) in [6.07, 6.45) is 1.26. The fourth-order valence-electron chi connectivity index (χ4n) is 2.81. The lowest BCUT2D eigenvalue weighted by Gasteiger charge is -2.19. The van der Waals surface area contributed by atoms with Gasteiger partial charge in [0.15, 0.2) is 0 Å². The summed E-state index contributed by atoms with van der Waals surface area (Å²) in [6.45, 7) is 3.69. The number of carbonyl (C=O) groups is 1. The van der Waals surface area contributed by atoms with Gasteiger partial charge in [-0.1, -0.05) is 12.1 Å². The molecule has 1 aromatic carbocycles. The van der Waals surface area contributed by atoms with Gasteiger partial charge in [0.1, 0.15) is 17.7 Å². The van der Waals surface area contributed by atoms with E-state index in [1.54, 1.807) is 19.1 Å². The predicted octanol–water partition coefficient (Wildman–Crippen LogP) is 1.06. The van der Waals surface area contributed by atoms with Crippen LogP contribution in [0.3, 0.4) is 0 Å². The number of aromatic nitrogens is 4. The molecule has 0 aliphatic carbocycles. The number of halogens is 1. The van der Waals surface area contributed by atoms with Gasteiger partial charge in [-0.2, -0.15) is 0 Å². The van der Waals surface area contributed by atoms with E-state index in [0.29, 0.717) is 36.9 Å². The smallest absolute Gasteiger partial charge is 0.245 e.